The third-order valence-corrected chi connectivity index (χ3v) is 3.79. The summed E-state index contributed by atoms with van der Waals surface area (Å²) in [5.41, 5.74) is 2.35. The van der Waals surface area contributed by atoms with E-state index in [9.17, 15) is 0 Å². The molecule has 0 aliphatic heterocycles. The molecule has 2 rings (SSSR count). The molecule has 1 aromatic carbocycles. The van der Waals surface area contributed by atoms with Crippen LogP contribution in [0.1, 0.15) is 52.0 Å². The molecule has 4 nitrogen and oxygen atoms in total. The van der Waals surface area contributed by atoms with E-state index in [4.69, 9.17) is 0 Å². The van der Waals surface area contributed by atoms with Crippen LogP contribution in [-0.2, 0) is 0 Å². The minimum atomic E-state index is 0.542. The van der Waals surface area contributed by atoms with E-state index in [1.54, 1.807) is 0 Å². The maximum atomic E-state index is 4.67. The summed E-state index contributed by atoms with van der Waals surface area (Å²) in [6.07, 6.45) is 4.05. The van der Waals surface area contributed by atoms with Gasteiger partial charge in [-0.25, -0.2) is 4.98 Å². The van der Waals surface area contributed by atoms with Gasteiger partial charge in [-0.05, 0) is 42.5 Å². The molecule has 0 spiro atoms. The lowest BCUT2D eigenvalue weighted by Crippen LogP contribution is -2.26. The highest BCUT2D eigenvalue weighted by molar-refractivity contribution is 5.55. The second kappa shape index (κ2) is 8.51. The van der Waals surface area contributed by atoms with Crippen molar-refractivity contribution in [3.05, 3.63) is 42.1 Å². The molecule has 1 N–H and O–H groups in total. The summed E-state index contributed by atoms with van der Waals surface area (Å²) in [5.74, 6) is 2.18. The quantitative estimate of drug-likeness (QED) is 0.747. The number of hydrogen-bond donors (Lipinski definition) is 1. The number of nitrogens with zero attached hydrogens (tertiary/aromatic N) is 3. The van der Waals surface area contributed by atoms with E-state index >= 15 is 0 Å². The maximum absolute atomic E-state index is 4.67. The second-order valence-corrected chi connectivity index (χ2v) is 6.13. The largest absolute Gasteiger partial charge is 0.356 e. The van der Waals surface area contributed by atoms with Crippen molar-refractivity contribution in [2.45, 2.75) is 46.5 Å². The molecule has 4 heteroatoms. The van der Waals surface area contributed by atoms with Gasteiger partial charge in [0.2, 0.25) is 5.95 Å². The van der Waals surface area contributed by atoms with Crippen LogP contribution in [-0.4, -0.2) is 23.1 Å². The fourth-order valence-corrected chi connectivity index (χ4v) is 2.55. The van der Waals surface area contributed by atoms with E-state index in [0.717, 1.165) is 37.4 Å². The van der Waals surface area contributed by atoms with E-state index in [2.05, 4.69) is 72.1 Å². The van der Waals surface area contributed by atoms with E-state index < -0.39 is 0 Å². The van der Waals surface area contributed by atoms with E-state index in [1.165, 1.54) is 5.56 Å². The van der Waals surface area contributed by atoms with Crippen LogP contribution in [0.25, 0.3) is 0 Å². The van der Waals surface area contributed by atoms with Gasteiger partial charge in [-0.1, -0.05) is 39.8 Å². The van der Waals surface area contributed by atoms with Gasteiger partial charge in [0.05, 0.1) is 0 Å². The van der Waals surface area contributed by atoms with Crippen molar-refractivity contribution in [1.82, 2.24) is 9.97 Å². The zero-order valence-electron chi connectivity index (χ0n) is 14.7. The molecule has 23 heavy (non-hydrogen) atoms. The summed E-state index contributed by atoms with van der Waals surface area (Å²) in [5, 5.41) is 3.30. The number of rotatable bonds is 8. The van der Waals surface area contributed by atoms with Gasteiger partial charge in [0.15, 0.2) is 0 Å². The first-order valence-electron chi connectivity index (χ1n) is 8.59. The van der Waals surface area contributed by atoms with Gasteiger partial charge >= 0.3 is 0 Å². The normalized spacial score (nSPS) is 10.8. The van der Waals surface area contributed by atoms with E-state index in [1.807, 2.05) is 12.3 Å². The monoisotopic (exact) mass is 312 g/mol. The standard InChI is InChI=1S/C19H28N4/c1-5-13-23(14-6-2)18-11-12-20-19(22-18)21-17-9-7-16(8-10-17)15(3)4/h7-12,15H,5-6,13-14H2,1-4H3,(H,20,21,22). The first-order chi connectivity index (χ1) is 11.1. The molecule has 0 aliphatic carbocycles. The Morgan fingerprint density at radius 2 is 1.65 bits per heavy atom. The summed E-state index contributed by atoms with van der Waals surface area (Å²) in [4.78, 5) is 11.3. The minimum absolute atomic E-state index is 0.542. The molecule has 2 aromatic rings. The predicted molar refractivity (Wildman–Crippen MR) is 98.6 cm³/mol. The number of benzene rings is 1. The summed E-state index contributed by atoms with van der Waals surface area (Å²) in [6.45, 7) is 10.8. The summed E-state index contributed by atoms with van der Waals surface area (Å²) < 4.78 is 0. The number of aromatic nitrogens is 2. The molecule has 0 saturated heterocycles. The average molecular weight is 312 g/mol. The van der Waals surface area contributed by atoms with Crippen LogP contribution in [0.2, 0.25) is 0 Å². The maximum Gasteiger partial charge on any atom is 0.229 e. The van der Waals surface area contributed by atoms with Crippen LogP contribution in [0, 0.1) is 0 Å². The van der Waals surface area contributed by atoms with Gasteiger partial charge in [-0.2, -0.15) is 4.98 Å². The van der Waals surface area contributed by atoms with Crippen molar-refractivity contribution >= 4 is 17.5 Å². The Bertz CT molecular complexity index is 587. The van der Waals surface area contributed by atoms with Crippen molar-refractivity contribution in [2.75, 3.05) is 23.3 Å². The highest BCUT2D eigenvalue weighted by Gasteiger charge is 2.08. The molecular weight excluding hydrogens is 284 g/mol. The molecule has 0 unspecified atom stereocenters. The highest BCUT2D eigenvalue weighted by Crippen LogP contribution is 2.20. The lowest BCUT2D eigenvalue weighted by molar-refractivity contribution is 0.733. The Kier molecular flexibility index (Phi) is 6.39. The summed E-state index contributed by atoms with van der Waals surface area (Å²) in [6, 6.07) is 10.5. The zero-order chi connectivity index (χ0) is 16.7. The minimum Gasteiger partial charge on any atom is -0.356 e. The zero-order valence-corrected chi connectivity index (χ0v) is 14.7. The molecule has 0 atom stereocenters. The van der Waals surface area contributed by atoms with Gasteiger partial charge in [-0.15, -0.1) is 0 Å². The summed E-state index contributed by atoms with van der Waals surface area (Å²) in [7, 11) is 0. The first kappa shape index (κ1) is 17.3. The van der Waals surface area contributed by atoms with Gasteiger partial charge in [-0.3, -0.25) is 0 Å². The van der Waals surface area contributed by atoms with Crippen LogP contribution < -0.4 is 10.2 Å². The second-order valence-electron chi connectivity index (χ2n) is 6.13. The summed E-state index contributed by atoms with van der Waals surface area (Å²) >= 11 is 0. The van der Waals surface area contributed by atoms with Crippen LogP contribution in [0.5, 0.6) is 0 Å². The molecular formula is C19H28N4. The molecule has 124 valence electrons. The van der Waals surface area contributed by atoms with Crippen molar-refractivity contribution < 1.29 is 0 Å². The predicted octanol–water partition coefficient (Wildman–Crippen LogP) is 4.97. The number of hydrogen-bond acceptors (Lipinski definition) is 4. The third-order valence-electron chi connectivity index (χ3n) is 3.79. The third kappa shape index (κ3) is 4.95. The van der Waals surface area contributed by atoms with Crippen LogP contribution in [0.15, 0.2) is 36.5 Å². The van der Waals surface area contributed by atoms with Gasteiger partial charge in [0, 0.05) is 25.0 Å². The Balaban J connectivity index is 2.12. The molecule has 0 bridgehead atoms. The lowest BCUT2D eigenvalue weighted by Gasteiger charge is -2.22. The topological polar surface area (TPSA) is 41.1 Å². The Morgan fingerprint density at radius 1 is 1.00 bits per heavy atom. The fourth-order valence-electron chi connectivity index (χ4n) is 2.55. The van der Waals surface area contributed by atoms with Gasteiger partial charge < -0.3 is 10.2 Å². The molecule has 0 fully saturated rings. The van der Waals surface area contributed by atoms with Crippen LogP contribution >= 0.6 is 0 Å². The van der Waals surface area contributed by atoms with Gasteiger partial charge in [0.1, 0.15) is 5.82 Å². The Hall–Kier alpha value is -2.10. The fraction of sp³-hybridized carbons (Fsp3) is 0.474. The number of anilines is 3. The highest BCUT2D eigenvalue weighted by atomic mass is 15.2. The molecule has 1 heterocycles. The molecule has 0 amide bonds. The lowest BCUT2D eigenvalue weighted by atomic mass is 10.0. The first-order valence-corrected chi connectivity index (χ1v) is 8.59. The van der Waals surface area contributed by atoms with E-state index in [-0.39, 0.29) is 0 Å². The SMILES string of the molecule is CCCN(CCC)c1ccnc(Nc2ccc(C(C)C)cc2)n1. The van der Waals surface area contributed by atoms with Crippen molar-refractivity contribution in [1.29, 1.82) is 0 Å². The molecule has 0 saturated carbocycles. The Morgan fingerprint density at radius 3 is 2.22 bits per heavy atom. The molecule has 0 aliphatic rings. The average Bonchev–Trinajstić information content (AvgIpc) is 2.55. The van der Waals surface area contributed by atoms with Crippen LogP contribution in [0.3, 0.4) is 0 Å². The van der Waals surface area contributed by atoms with Crippen molar-refractivity contribution in [3.8, 4) is 0 Å². The molecule has 1 aromatic heterocycles. The number of nitrogens with one attached hydrogen (secondary N) is 1. The van der Waals surface area contributed by atoms with E-state index in [0.29, 0.717) is 11.9 Å². The molecule has 0 radical (unpaired) electrons. The van der Waals surface area contributed by atoms with Crippen LogP contribution in [0.4, 0.5) is 17.5 Å². The van der Waals surface area contributed by atoms with Gasteiger partial charge in [0.25, 0.3) is 0 Å². The van der Waals surface area contributed by atoms with Crippen molar-refractivity contribution in [2.24, 2.45) is 0 Å². The Labute approximate surface area is 140 Å². The van der Waals surface area contributed by atoms with Crippen molar-refractivity contribution in [3.63, 3.8) is 0 Å². The smallest absolute Gasteiger partial charge is 0.229 e.